The van der Waals surface area contributed by atoms with Crippen LogP contribution in [0, 0.1) is 5.82 Å². The fraction of sp³-hybridized carbons (Fsp3) is 0.316. The van der Waals surface area contributed by atoms with Gasteiger partial charge in [0.15, 0.2) is 0 Å². The number of amides is 1. The molecule has 1 aliphatic heterocycles. The molecule has 4 nitrogen and oxygen atoms in total. The maximum atomic E-state index is 12.9. The van der Waals surface area contributed by atoms with E-state index < -0.39 is 0 Å². The molecule has 1 amide bonds. The lowest BCUT2D eigenvalue weighted by atomic mass is 10.1. The maximum absolute atomic E-state index is 12.9. The molecule has 0 aliphatic carbocycles. The standard InChI is InChI=1S/C19H21FN2O2/c1-14(23)21-19-5-3-2-4-15(19)12-22-11-10-18(13-22)24-17-8-6-16(20)7-9-17/h2-9,18H,10-13H2,1H3,(H,21,23)/t18-/m1/s1. The Morgan fingerprint density at radius 1 is 1.25 bits per heavy atom. The van der Waals surface area contributed by atoms with Crippen molar-refractivity contribution in [3.05, 3.63) is 59.9 Å². The highest BCUT2D eigenvalue weighted by Gasteiger charge is 2.24. The van der Waals surface area contributed by atoms with Gasteiger partial charge in [-0.2, -0.15) is 0 Å². The van der Waals surface area contributed by atoms with E-state index in [1.165, 1.54) is 19.1 Å². The molecule has 0 saturated carbocycles. The van der Waals surface area contributed by atoms with Crippen LogP contribution in [-0.2, 0) is 11.3 Å². The van der Waals surface area contributed by atoms with Crippen LogP contribution in [0.3, 0.4) is 0 Å². The Labute approximate surface area is 141 Å². The molecule has 0 aromatic heterocycles. The molecule has 0 bridgehead atoms. The van der Waals surface area contributed by atoms with Gasteiger partial charge < -0.3 is 10.1 Å². The molecule has 1 fully saturated rings. The molecule has 1 heterocycles. The van der Waals surface area contributed by atoms with E-state index in [4.69, 9.17) is 4.74 Å². The zero-order chi connectivity index (χ0) is 16.9. The van der Waals surface area contributed by atoms with E-state index in [0.717, 1.165) is 37.3 Å². The number of nitrogens with one attached hydrogen (secondary N) is 1. The molecule has 2 aromatic rings. The molecule has 0 radical (unpaired) electrons. The van der Waals surface area contributed by atoms with Crippen molar-refractivity contribution >= 4 is 11.6 Å². The monoisotopic (exact) mass is 328 g/mol. The largest absolute Gasteiger partial charge is 0.489 e. The molecule has 1 N–H and O–H groups in total. The lowest BCUT2D eigenvalue weighted by molar-refractivity contribution is -0.114. The summed E-state index contributed by atoms with van der Waals surface area (Å²) >= 11 is 0. The number of hydrogen-bond donors (Lipinski definition) is 1. The summed E-state index contributed by atoms with van der Waals surface area (Å²) in [6.45, 7) is 4.02. The lowest BCUT2D eigenvalue weighted by Crippen LogP contribution is -2.25. The van der Waals surface area contributed by atoms with Crippen molar-refractivity contribution in [3.8, 4) is 5.75 Å². The predicted molar refractivity (Wildman–Crippen MR) is 91.5 cm³/mol. The summed E-state index contributed by atoms with van der Waals surface area (Å²) in [6.07, 6.45) is 1.03. The quantitative estimate of drug-likeness (QED) is 0.914. The molecule has 3 rings (SSSR count). The molecular weight excluding hydrogens is 307 g/mol. The van der Waals surface area contributed by atoms with E-state index in [1.807, 2.05) is 24.3 Å². The number of anilines is 1. The molecule has 2 aromatic carbocycles. The number of para-hydroxylation sites is 1. The van der Waals surface area contributed by atoms with Crippen LogP contribution < -0.4 is 10.1 Å². The van der Waals surface area contributed by atoms with Crippen molar-refractivity contribution in [2.45, 2.75) is 26.0 Å². The summed E-state index contributed by atoms with van der Waals surface area (Å²) in [7, 11) is 0. The predicted octanol–water partition coefficient (Wildman–Crippen LogP) is 3.44. The average molecular weight is 328 g/mol. The van der Waals surface area contributed by atoms with Crippen molar-refractivity contribution < 1.29 is 13.9 Å². The van der Waals surface area contributed by atoms with Gasteiger partial charge in [0.05, 0.1) is 0 Å². The van der Waals surface area contributed by atoms with E-state index in [9.17, 15) is 9.18 Å². The van der Waals surface area contributed by atoms with E-state index in [0.29, 0.717) is 5.75 Å². The SMILES string of the molecule is CC(=O)Nc1ccccc1CN1CC[C@@H](Oc2ccc(F)cc2)C1. The summed E-state index contributed by atoms with van der Waals surface area (Å²) < 4.78 is 18.9. The number of carbonyl (C=O) groups is 1. The molecular formula is C19H21FN2O2. The van der Waals surface area contributed by atoms with Crippen LogP contribution in [0.4, 0.5) is 10.1 Å². The van der Waals surface area contributed by atoms with Crippen LogP contribution in [0.2, 0.25) is 0 Å². The minimum Gasteiger partial charge on any atom is -0.489 e. The number of rotatable bonds is 5. The third-order valence-corrected chi connectivity index (χ3v) is 4.07. The van der Waals surface area contributed by atoms with Crippen LogP contribution >= 0.6 is 0 Å². The highest BCUT2D eigenvalue weighted by atomic mass is 19.1. The number of ether oxygens (including phenoxy) is 1. The molecule has 126 valence electrons. The summed E-state index contributed by atoms with van der Waals surface area (Å²) in [5, 5.41) is 2.87. The highest BCUT2D eigenvalue weighted by molar-refractivity contribution is 5.89. The van der Waals surface area contributed by atoms with E-state index in [-0.39, 0.29) is 17.8 Å². The topological polar surface area (TPSA) is 41.6 Å². The summed E-state index contributed by atoms with van der Waals surface area (Å²) in [4.78, 5) is 13.6. The van der Waals surface area contributed by atoms with Crippen molar-refractivity contribution in [1.29, 1.82) is 0 Å². The molecule has 1 atom stereocenters. The van der Waals surface area contributed by atoms with Crippen molar-refractivity contribution in [3.63, 3.8) is 0 Å². The van der Waals surface area contributed by atoms with Gasteiger partial charge in [-0.05, 0) is 42.3 Å². The second kappa shape index (κ2) is 7.45. The van der Waals surface area contributed by atoms with Gasteiger partial charge in [0, 0.05) is 32.2 Å². The molecule has 24 heavy (non-hydrogen) atoms. The second-order valence-corrected chi connectivity index (χ2v) is 6.06. The van der Waals surface area contributed by atoms with E-state index >= 15 is 0 Å². The molecule has 0 spiro atoms. The Hall–Kier alpha value is -2.40. The third kappa shape index (κ3) is 4.32. The van der Waals surface area contributed by atoms with E-state index in [2.05, 4.69) is 10.2 Å². The van der Waals surface area contributed by atoms with Gasteiger partial charge in [0.2, 0.25) is 5.91 Å². The van der Waals surface area contributed by atoms with Crippen LogP contribution in [0.15, 0.2) is 48.5 Å². The normalized spacial score (nSPS) is 17.7. The number of halogens is 1. The summed E-state index contributed by atoms with van der Waals surface area (Å²) in [5.74, 6) is 0.369. The second-order valence-electron chi connectivity index (χ2n) is 6.06. The highest BCUT2D eigenvalue weighted by Crippen LogP contribution is 2.23. The van der Waals surface area contributed by atoms with Gasteiger partial charge in [-0.15, -0.1) is 0 Å². The third-order valence-electron chi connectivity index (χ3n) is 4.07. The first-order chi connectivity index (χ1) is 11.6. The Morgan fingerprint density at radius 2 is 2.00 bits per heavy atom. The van der Waals surface area contributed by atoms with Crippen molar-refractivity contribution in [2.75, 3.05) is 18.4 Å². The van der Waals surface area contributed by atoms with Crippen LogP contribution in [-0.4, -0.2) is 30.0 Å². The Morgan fingerprint density at radius 3 is 2.75 bits per heavy atom. The first-order valence-corrected chi connectivity index (χ1v) is 8.10. The minimum atomic E-state index is -0.259. The van der Waals surface area contributed by atoms with E-state index in [1.54, 1.807) is 12.1 Å². The van der Waals surface area contributed by atoms with Gasteiger partial charge in [0.25, 0.3) is 0 Å². The first-order valence-electron chi connectivity index (χ1n) is 8.10. The first kappa shape index (κ1) is 16.5. The Kier molecular flexibility index (Phi) is 5.11. The van der Waals surface area contributed by atoms with Gasteiger partial charge in [-0.1, -0.05) is 18.2 Å². The number of benzene rings is 2. The van der Waals surface area contributed by atoms with Gasteiger partial charge in [0.1, 0.15) is 17.7 Å². The number of carbonyl (C=O) groups excluding carboxylic acids is 1. The smallest absolute Gasteiger partial charge is 0.221 e. The van der Waals surface area contributed by atoms with Gasteiger partial charge >= 0.3 is 0 Å². The minimum absolute atomic E-state index is 0.0682. The fourth-order valence-electron chi connectivity index (χ4n) is 2.95. The average Bonchev–Trinajstić information content (AvgIpc) is 2.98. The van der Waals surface area contributed by atoms with Gasteiger partial charge in [-0.3, -0.25) is 9.69 Å². The van der Waals surface area contributed by atoms with Crippen molar-refractivity contribution in [1.82, 2.24) is 4.90 Å². The van der Waals surface area contributed by atoms with Crippen LogP contribution in [0.25, 0.3) is 0 Å². The number of nitrogens with zero attached hydrogens (tertiary/aromatic N) is 1. The van der Waals surface area contributed by atoms with Crippen molar-refractivity contribution in [2.24, 2.45) is 0 Å². The van der Waals surface area contributed by atoms with Gasteiger partial charge in [-0.25, -0.2) is 4.39 Å². The molecule has 1 saturated heterocycles. The fourth-order valence-corrected chi connectivity index (χ4v) is 2.95. The maximum Gasteiger partial charge on any atom is 0.221 e. The Bertz CT molecular complexity index is 703. The zero-order valence-electron chi connectivity index (χ0n) is 13.7. The molecule has 1 aliphatic rings. The Balaban J connectivity index is 1.58. The number of likely N-dealkylation sites (tertiary alicyclic amines) is 1. The van der Waals surface area contributed by atoms with Crippen LogP contribution in [0.5, 0.6) is 5.75 Å². The summed E-state index contributed by atoms with van der Waals surface area (Å²) in [6, 6.07) is 14.0. The lowest BCUT2D eigenvalue weighted by Gasteiger charge is -2.19. The molecule has 0 unspecified atom stereocenters. The van der Waals surface area contributed by atoms with Crippen LogP contribution in [0.1, 0.15) is 18.9 Å². The molecule has 5 heteroatoms. The number of hydrogen-bond acceptors (Lipinski definition) is 3. The zero-order valence-corrected chi connectivity index (χ0v) is 13.7. The summed E-state index contributed by atoms with van der Waals surface area (Å²) in [5.41, 5.74) is 1.95.